The van der Waals surface area contributed by atoms with E-state index in [1.807, 2.05) is 6.92 Å². The van der Waals surface area contributed by atoms with Crippen molar-refractivity contribution < 1.29 is 23.8 Å². The van der Waals surface area contributed by atoms with Crippen LogP contribution in [-0.4, -0.2) is 24.6 Å². The van der Waals surface area contributed by atoms with Gasteiger partial charge in [0.2, 0.25) is 5.75 Å². The molecule has 0 saturated heterocycles. The SMILES string of the molecule is CCCOc1c(C(C)=O)c(O)c(OC)c2occc12. The number of hydrogen-bond acceptors (Lipinski definition) is 5. The van der Waals surface area contributed by atoms with Gasteiger partial charge in [0.25, 0.3) is 0 Å². The Hall–Kier alpha value is -2.17. The summed E-state index contributed by atoms with van der Waals surface area (Å²) in [6.45, 7) is 3.79. The summed E-state index contributed by atoms with van der Waals surface area (Å²) >= 11 is 0. The summed E-state index contributed by atoms with van der Waals surface area (Å²) in [5.41, 5.74) is 0.496. The number of ether oxygens (including phenoxy) is 2. The van der Waals surface area contributed by atoms with E-state index in [-0.39, 0.29) is 22.8 Å². The molecule has 0 aliphatic carbocycles. The fraction of sp³-hybridized carbons (Fsp3) is 0.357. The van der Waals surface area contributed by atoms with E-state index in [0.717, 1.165) is 6.42 Å². The number of carbonyl (C=O) groups excluding carboxylic acids is 1. The minimum atomic E-state index is -0.287. The zero-order valence-electron chi connectivity index (χ0n) is 11.1. The Morgan fingerprint density at radius 2 is 2.16 bits per heavy atom. The molecule has 0 spiro atoms. The summed E-state index contributed by atoms with van der Waals surface area (Å²) in [5, 5.41) is 10.8. The van der Waals surface area contributed by atoms with Gasteiger partial charge in [0.15, 0.2) is 17.1 Å². The van der Waals surface area contributed by atoms with E-state index in [9.17, 15) is 9.90 Å². The van der Waals surface area contributed by atoms with E-state index in [4.69, 9.17) is 13.9 Å². The van der Waals surface area contributed by atoms with E-state index in [2.05, 4.69) is 0 Å². The molecular formula is C14H16O5. The number of benzene rings is 1. The van der Waals surface area contributed by atoms with Gasteiger partial charge < -0.3 is 19.0 Å². The van der Waals surface area contributed by atoms with Crippen molar-refractivity contribution in [2.45, 2.75) is 20.3 Å². The number of Topliss-reactive ketones (excluding diaryl/α,β-unsaturated/α-hetero) is 1. The van der Waals surface area contributed by atoms with Crippen LogP contribution in [0.25, 0.3) is 11.0 Å². The summed E-state index contributed by atoms with van der Waals surface area (Å²) in [7, 11) is 1.41. The molecule has 0 aliphatic heterocycles. The topological polar surface area (TPSA) is 68.9 Å². The van der Waals surface area contributed by atoms with Crippen LogP contribution in [-0.2, 0) is 0 Å². The van der Waals surface area contributed by atoms with Crippen molar-refractivity contribution >= 4 is 16.8 Å². The molecule has 2 rings (SSSR count). The highest BCUT2D eigenvalue weighted by molar-refractivity contribution is 6.08. The number of aromatic hydroxyl groups is 1. The molecule has 1 heterocycles. The molecule has 0 atom stereocenters. The number of hydrogen-bond donors (Lipinski definition) is 1. The zero-order valence-corrected chi connectivity index (χ0v) is 11.1. The second kappa shape index (κ2) is 5.22. The first-order chi connectivity index (χ1) is 9.11. The van der Waals surface area contributed by atoms with Gasteiger partial charge in [0, 0.05) is 0 Å². The van der Waals surface area contributed by atoms with Crippen LogP contribution >= 0.6 is 0 Å². The molecule has 1 N–H and O–H groups in total. The van der Waals surface area contributed by atoms with Gasteiger partial charge in [0.1, 0.15) is 11.3 Å². The maximum atomic E-state index is 11.8. The molecule has 5 nitrogen and oxygen atoms in total. The van der Waals surface area contributed by atoms with Crippen molar-refractivity contribution in [3.8, 4) is 17.2 Å². The predicted octanol–water partition coefficient (Wildman–Crippen LogP) is 3.14. The normalized spacial score (nSPS) is 10.7. The molecule has 0 fully saturated rings. The highest BCUT2D eigenvalue weighted by Gasteiger charge is 2.25. The second-order valence-corrected chi connectivity index (χ2v) is 4.15. The molecule has 102 valence electrons. The number of methoxy groups -OCH3 is 1. The molecule has 1 aromatic carbocycles. The summed E-state index contributed by atoms with van der Waals surface area (Å²) in [5.74, 6) is -0.0426. The third-order valence-electron chi connectivity index (χ3n) is 2.80. The molecule has 2 aromatic rings. The molecule has 5 heteroatoms. The van der Waals surface area contributed by atoms with Gasteiger partial charge in [-0.1, -0.05) is 6.92 Å². The van der Waals surface area contributed by atoms with E-state index in [1.54, 1.807) is 6.07 Å². The van der Waals surface area contributed by atoms with Gasteiger partial charge in [-0.05, 0) is 19.4 Å². The highest BCUT2D eigenvalue weighted by Crippen LogP contribution is 2.45. The van der Waals surface area contributed by atoms with Crippen molar-refractivity contribution in [1.29, 1.82) is 0 Å². The first-order valence-electron chi connectivity index (χ1n) is 6.05. The van der Waals surface area contributed by atoms with E-state index >= 15 is 0 Å². The van der Waals surface area contributed by atoms with Crippen molar-refractivity contribution in [3.63, 3.8) is 0 Å². The van der Waals surface area contributed by atoms with Crippen LogP contribution in [0.3, 0.4) is 0 Å². The zero-order chi connectivity index (χ0) is 14.0. The maximum Gasteiger partial charge on any atom is 0.205 e. The van der Waals surface area contributed by atoms with Crippen molar-refractivity contribution in [3.05, 3.63) is 17.9 Å². The molecular weight excluding hydrogens is 248 g/mol. The molecule has 0 aliphatic rings. The predicted molar refractivity (Wildman–Crippen MR) is 70.2 cm³/mol. The molecule has 19 heavy (non-hydrogen) atoms. The third kappa shape index (κ3) is 2.12. The van der Waals surface area contributed by atoms with Crippen molar-refractivity contribution in [2.75, 3.05) is 13.7 Å². The number of fused-ring (bicyclic) bond motifs is 1. The van der Waals surface area contributed by atoms with Gasteiger partial charge in [-0.2, -0.15) is 0 Å². The van der Waals surface area contributed by atoms with Crippen LogP contribution in [0.5, 0.6) is 17.2 Å². The molecule has 0 amide bonds. The van der Waals surface area contributed by atoms with Crippen LogP contribution in [0.4, 0.5) is 0 Å². The van der Waals surface area contributed by atoms with Gasteiger partial charge in [-0.25, -0.2) is 0 Å². The minimum absolute atomic E-state index is 0.124. The van der Waals surface area contributed by atoms with Gasteiger partial charge in [-0.15, -0.1) is 0 Å². The molecule has 0 unspecified atom stereocenters. The molecule has 0 radical (unpaired) electrons. The van der Waals surface area contributed by atoms with Crippen LogP contribution in [0.1, 0.15) is 30.6 Å². The van der Waals surface area contributed by atoms with E-state index < -0.39 is 0 Å². The Bertz CT molecular complexity index is 612. The summed E-state index contributed by atoms with van der Waals surface area (Å²) in [4.78, 5) is 11.8. The largest absolute Gasteiger partial charge is 0.504 e. The average Bonchev–Trinajstić information content (AvgIpc) is 2.84. The Labute approximate surface area is 110 Å². The minimum Gasteiger partial charge on any atom is -0.504 e. The van der Waals surface area contributed by atoms with Gasteiger partial charge in [-0.3, -0.25) is 4.79 Å². The van der Waals surface area contributed by atoms with Crippen LogP contribution < -0.4 is 9.47 Å². The quantitative estimate of drug-likeness (QED) is 0.840. The lowest BCUT2D eigenvalue weighted by atomic mass is 10.0. The summed E-state index contributed by atoms with van der Waals surface area (Å²) in [6.07, 6.45) is 2.26. The molecule has 0 bridgehead atoms. The monoisotopic (exact) mass is 264 g/mol. The number of phenolic OH excluding ortho intramolecular Hbond substituents is 1. The summed E-state index contributed by atoms with van der Waals surface area (Å²) < 4.78 is 16.0. The maximum absolute atomic E-state index is 11.8. The fourth-order valence-corrected chi connectivity index (χ4v) is 2.00. The van der Waals surface area contributed by atoms with E-state index in [0.29, 0.717) is 23.3 Å². The second-order valence-electron chi connectivity index (χ2n) is 4.15. The Morgan fingerprint density at radius 3 is 2.74 bits per heavy atom. The number of carbonyl (C=O) groups is 1. The number of furan rings is 1. The van der Waals surface area contributed by atoms with Crippen LogP contribution in [0.2, 0.25) is 0 Å². The third-order valence-corrected chi connectivity index (χ3v) is 2.80. The van der Waals surface area contributed by atoms with Crippen LogP contribution in [0.15, 0.2) is 16.7 Å². The standard InChI is InChI=1S/C14H16O5/c1-4-6-18-12-9-5-7-19-13(9)14(17-3)11(16)10(12)8(2)15/h5,7,16H,4,6H2,1-3H3. The fourth-order valence-electron chi connectivity index (χ4n) is 2.00. The Kier molecular flexibility index (Phi) is 3.64. The Morgan fingerprint density at radius 1 is 1.42 bits per heavy atom. The van der Waals surface area contributed by atoms with Crippen molar-refractivity contribution in [2.24, 2.45) is 0 Å². The smallest absolute Gasteiger partial charge is 0.205 e. The van der Waals surface area contributed by atoms with Gasteiger partial charge >= 0.3 is 0 Å². The number of phenols is 1. The molecule has 1 aromatic heterocycles. The number of rotatable bonds is 5. The van der Waals surface area contributed by atoms with E-state index in [1.165, 1.54) is 20.3 Å². The number of ketones is 1. The van der Waals surface area contributed by atoms with Crippen LogP contribution in [0, 0.1) is 0 Å². The Balaban J connectivity index is 2.78. The lowest BCUT2D eigenvalue weighted by Gasteiger charge is -2.14. The lowest BCUT2D eigenvalue weighted by molar-refractivity contribution is 0.101. The first-order valence-corrected chi connectivity index (χ1v) is 6.05. The summed E-state index contributed by atoms with van der Waals surface area (Å²) in [6, 6.07) is 1.69. The highest BCUT2D eigenvalue weighted by atomic mass is 16.5. The lowest BCUT2D eigenvalue weighted by Crippen LogP contribution is -2.04. The molecule has 0 saturated carbocycles. The first kappa shape index (κ1) is 13.3. The average molecular weight is 264 g/mol. The van der Waals surface area contributed by atoms with Gasteiger partial charge in [0.05, 0.1) is 25.4 Å². The van der Waals surface area contributed by atoms with Crippen molar-refractivity contribution in [1.82, 2.24) is 0 Å².